The van der Waals surface area contributed by atoms with Crippen molar-refractivity contribution in [1.82, 2.24) is 5.32 Å². The number of nitrogens with one attached hydrogen (secondary N) is 2. The zero-order valence-corrected chi connectivity index (χ0v) is 15.1. The van der Waals surface area contributed by atoms with Gasteiger partial charge in [0.05, 0.1) is 12.8 Å². The highest BCUT2D eigenvalue weighted by atomic mass is 79.9. The maximum atomic E-state index is 12.2. The van der Waals surface area contributed by atoms with Crippen molar-refractivity contribution in [3.05, 3.63) is 82.7 Å². The number of rotatable bonds is 6. The third-order valence-corrected chi connectivity index (χ3v) is 4.59. The molecule has 3 rings (SSSR count). The van der Waals surface area contributed by atoms with Crippen LogP contribution < -0.4 is 10.0 Å². The summed E-state index contributed by atoms with van der Waals surface area (Å²) < 4.78 is 9.50. The first kappa shape index (κ1) is 16.7. The molecule has 0 bridgehead atoms. The number of carbonyl (C=O) groups is 1. The van der Waals surface area contributed by atoms with E-state index < -0.39 is 0 Å². The van der Waals surface area contributed by atoms with Gasteiger partial charge in [-0.1, -0.05) is 22.0 Å². The Hall–Kier alpha value is -2.18. The second-order valence-electron chi connectivity index (χ2n) is 5.00. The van der Waals surface area contributed by atoms with Crippen molar-refractivity contribution in [3.8, 4) is 0 Å². The molecule has 0 aliphatic rings. The van der Waals surface area contributed by atoms with Crippen LogP contribution in [0.2, 0.25) is 0 Å². The highest BCUT2D eigenvalue weighted by molar-refractivity contribution is 9.10. The number of halogens is 1. The van der Waals surface area contributed by atoms with E-state index in [9.17, 15) is 4.79 Å². The Labute approximate surface area is 152 Å². The molecular formula is C18H15BrN2O2S. The van der Waals surface area contributed by atoms with E-state index in [-0.39, 0.29) is 5.91 Å². The number of hydrogen-bond acceptors (Lipinski definition) is 4. The van der Waals surface area contributed by atoms with Crippen LogP contribution >= 0.6 is 27.9 Å². The zero-order chi connectivity index (χ0) is 16.8. The standard InChI is InChI=1S/C18H15BrN2O2S/c19-14-6-8-15(9-7-14)21-24-17-5-1-3-13(11-17)18(22)20-12-16-4-2-10-23-16/h1-11,21H,12H2,(H,20,22). The van der Waals surface area contributed by atoms with Crippen LogP contribution in [0.4, 0.5) is 5.69 Å². The molecule has 0 unspecified atom stereocenters. The molecule has 1 aromatic heterocycles. The number of hydrogen-bond donors (Lipinski definition) is 2. The Morgan fingerprint density at radius 2 is 1.92 bits per heavy atom. The second-order valence-corrected chi connectivity index (χ2v) is 6.80. The molecule has 4 nitrogen and oxygen atoms in total. The lowest BCUT2D eigenvalue weighted by atomic mass is 10.2. The van der Waals surface area contributed by atoms with Crippen molar-refractivity contribution in [2.75, 3.05) is 4.72 Å². The minimum atomic E-state index is -0.127. The first-order chi connectivity index (χ1) is 11.7. The van der Waals surface area contributed by atoms with Crippen LogP contribution in [0.3, 0.4) is 0 Å². The quantitative estimate of drug-likeness (QED) is 0.563. The molecule has 0 saturated carbocycles. The molecule has 2 N–H and O–H groups in total. The van der Waals surface area contributed by atoms with Gasteiger partial charge >= 0.3 is 0 Å². The van der Waals surface area contributed by atoms with Gasteiger partial charge in [-0.05, 0) is 66.5 Å². The maximum Gasteiger partial charge on any atom is 0.251 e. The van der Waals surface area contributed by atoms with Crippen molar-refractivity contribution < 1.29 is 9.21 Å². The monoisotopic (exact) mass is 402 g/mol. The van der Waals surface area contributed by atoms with Gasteiger partial charge < -0.3 is 14.5 Å². The summed E-state index contributed by atoms with van der Waals surface area (Å²) in [6.45, 7) is 0.375. The number of anilines is 1. The van der Waals surface area contributed by atoms with E-state index in [1.165, 1.54) is 11.9 Å². The minimum absolute atomic E-state index is 0.127. The lowest BCUT2D eigenvalue weighted by Gasteiger charge is -2.08. The Morgan fingerprint density at radius 3 is 2.67 bits per heavy atom. The molecule has 122 valence electrons. The van der Waals surface area contributed by atoms with E-state index in [0.29, 0.717) is 12.1 Å². The Morgan fingerprint density at radius 1 is 1.08 bits per heavy atom. The summed E-state index contributed by atoms with van der Waals surface area (Å²) in [5.41, 5.74) is 1.61. The summed E-state index contributed by atoms with van der Waals surface area (Å²) in [5.74, 6) is 0.600. The first-order valence-electron chi connectivity index (χ1n) is 7.30. The molecule has 0 spiro atoms. The topological polar surface area (TPSA) is 54.3 Å². The predicted molar refractivity (Wildman–Crippen MR) is 99.9 cm³/mol. The number of benzene rings is 2. The van der Waals surface area contributed by atoms with Crippen molar-refractivity contribution in [2.24, 2.45) is 0 Å². The van der Waals surface area contributed by atoms with E-state index in [2.05, 4.69) is 26.0 Å². The molecule has 0 aliphatic carbocycles. The maximum absolute atomic E-state index is 12.2. The van der Waals surface area contributed by atoms with Gasteiger partial charge in [-0.15, -0.1) is 0 Å². The van der Waals surface area contributed by atoms with Crippen LogP contribution in [-0.2, 0) is 6.54 Å². The SMILES string of the molecule is O=C(NCc1ccco1)c1cccc(SNc2ccc(Br)cc2)c1. The van der Waals surface area contributed by atoms with Crippen molar-refractivity contribution in [2.45, 2.75) is 11.4 Å². The molecule has 0 radical (unpaired) electrons. The van der Waals surface area contributed by atoms with Gasteiger partial charge in [0.1, 0.15) is 5.76 Å². The molecule has 0 fully saturated rings. The van der Waals surface area contributed by atoms with Crippen LogP contribution in [0.5, 0.6) is 0 Å². The van der Waals surface area contributed by atoms with E-state index >= 15 is 0 Å². The zero-order valence-electron chi connectivity index (χ0n) is 12.7. The number of carbonyl (C=O) groups excluding carboxylic acids is 1. The van der Waals surface area contributed by atoms with Gasteiger partial charge in [-0.25, -0.2) is 0 Å². The average molecular weight is 403 g/mol. The first-order valence-corrected chi connectivity index (χ1v) is 8.91. The van der Waals surface area contributed by atoms with Crippen molar-refractivity contribution in [1.29, 1.82) is 0 Å². The number of furan rings is 1. The van der Waals surface area contributed by atoms with Gasteiger partial charge in [0, 0.05) is 20.6 Å². The lowest BCUT2D eigenvalue weighted by molar-refractivity contribution is 0.0948. The fourth-order valence-electron chi connectivity index (χ4n) is 2.02. The van der Waals surface area contributed by atoms with Gasteiger partial charge in [0.15, 0.2) is 0 Å². The molecule has 6 heteroatoms. The Bertz CT molecular complexity index is 804. The van der Waals surface area contributed by atoms with Crippen molar-refractivity contribution >= 4 is 39.5 Å². The molecule has 0 saturated heterocycles. The molecule has 3 aromatic rings. The van der Waals surface area contributed by atoms with Crippen LogP contribution in [0.25, 0.3) is 0 Å². The van der Waals surface area contributed by atoms with Gasteiger partial charge in [-0.2, -0.15) is 0 Å². The van der Waals surface area contributed by atoms with E-state index in [0.717, 1.165) is 20.8 Å². The number of amides is 1. The minimum Gasteiger partial charge on any atom is -0.467 e. The third kappa shape index (κ3) is 4.66. The van der Waals surface area contributed by atoms with Crippen LogP contribution in [0.1, 0.15) is 16.1 Å². The fourth-order valence-corrected chi connectivity index (χ4v) is 2.99. The van der Waals surface area contributed by atoms with Gasteiger partial charge in [0.2, 0.25) is 0 Å². The average Bonchev–Trinajstić information content (AvgIpc) is 3.13. The molecule has 0 aliphatic heterocycles. The van der Waals surface area contributed by atoms with E-state index in [1.807, 2.05) is 48.5 Å². The van der Waals surface area contributed by atoms with Gasteiger partial charge in [0.25, 0.3) is 5.91 Å². The summed E-state index contributed by atoms with van der Waals surface area (Å²) in [5, 5.41) is 2.84. The Kier molecular flexibility index (Phi) is 5.61. The largest absolute Gasteiger partial charge is 0.467 e. The van der Waals surface area contributed by atoms with Crippen LogP contribution in [-0.4, -0.2) is 5.91 Å². The summed E-state index contributed by atoms with van der Waals surface area (Å²) in [6, 6.07) is 19.0. The molecule has 1 heterocycles. The fraction of sp³-hybridized carbons (Fsp3) is 0.0556. The summed E-state index contributed by atoms with van der Waals surface area (Å²) >= 11 is 4.87. The van der Waals surface area contributed by atoms with Crippen LogP contribution in [0.15, 0.2) is 80.7 Å². The highest BCUT2D eigenvalue weighted by Crippen LogP contribution is 2.23. The highest BCUT2D eigenvalue weighted by Gasteiger charge is 2.07. The van der Waals surface area contributed by atoms with Crippen LogP contribution in [0, 0.1) is 0 Å². The van der Waals surface area contributed by atoms with Gasteiger partial charge in [-0.3, -0.25) is 4.79 Å². The molecule has 0 atom stereocenters. The summed E-state index contributed by atoms with van der Waals surface area (Å²) in [6.07, 6.45) is 1.59. The summed E-state index contributed by atoms with van der Waals surface area (Å²) in [7, 11) is 0. The van der Waals surface area contributed by atoms with E-state index in [4.69, 9.17) is 4.42 Å². The molecule has 24 heavy (non-hydrogen) atoms. The molecule has 2 aromatic carbocycles. The summed E-state index contributed by atoms with van der Waals surface area (Å²) in [4.78, 5) is 13.2. The smallest absolute Gasteiger partial charge is 0.251 e. The predicted octanol–water partition coefficient (Wildman–Crippen LogP) is 5.09. The van der Waals surface area contributed by atoms with E-state index in [1.54, 1.807) is 18.4 Å². The Balaban J connectivity index is 1.58. The lowest BCUT2D eigenvalue weighted by Crippen LogP contribution is -2.22. The normalized spacial score (nSPS) is 10.4. The third-order valence-electron chi connectivity index (χ3n) is 3.23. The second kappa shape index (κ2) is 8.08. The molecule has 1 amide bonds. The molecular weight excluding hydrogens is 388 g/mol. The van der Waals surface area contributed by atoms with Crippen molar-refractivity contribution in [3.63, 3.8) is 0 Å².